The molecule has 0 amide bonds. The third-order valence-electron chi connectivity index (χ3n) is 2.24. The molecular formula is C13H18O6. The predicted octanol–water partition coefficient (Wildman–Crippen LogP) is 1.44. The van der Waals surface area contributed by atoms with Crippen LogP contribution in [0.2, 0.25) is 0 Å². The molecule has 6 heteroatoms. The fraction of sp³-hybridized carbons (Fsp3) is 0.462. The first-order valence-corrected chi connectivity index (χ1v) is 5.79. The second-order valence-corrected chi connectivity index (χ2v) is 3.68. The lowest BCUT2D eigenvalue weighted by molar-refractivity contribution is 0.0695. The van der Waals surface area contributed by atoms with E-state index >= 15 is 0 Å². The van der Waals surface area contributed by atoms with Gasteiger partial charge in [-0.15, -0.1) is 0 Å². The van der Waals surface area contributed by atoms with Gasteiger partial charge in [-0.3, -0.25) is 0 Å². The summed E-state index contributed by atoms with van der Waals surface area (Å²) < 4.78 is 20.5. The van der Waals surface area contributed by atoms with Gasteiger partial charge in [-0.05, 0) is 12.1 Å². The standard InChI is InChI=1S/C13H18O6/c1-16-3-5-18-11-7-10(13(14)15)8-12(9-11)19-6-4-17-2/h7-9H,3-6H2,1-2H3,(H,14,15). The van der Waals surface area contributed by atoms with Crippen molar-refractivity contribution in [1.29, 1.82) is 0 Å². The summed E-state index contributed by atoms with van der Waals surface area (Å²) in [5.41, 5.74) is 0.113. The fourth-order valence-electron chi connectivity index (χ4n) is 1.35. The van der Waals surface area contributed by atoms with Crippen molar-refractivity contribution in [3.63, 3.8) is 0 Å². The van der Waals surface area contributed by atoms with Crippen molar-refractivity contribution in [2.45, 2.75) is 0 Å². The molecule has 0 bridgehead atoms. The molecule has 0 spiro atoms. The Hall–Kier alpha value is -1.79. The van der Waals surface area contributed by atoms with Crippen LogP contribution in [0.3, 0.4) is 0 Å². The molecule has 6 nitrogen and oxygen atoms in total. The van der Waals surface area contributed by atoms with E-state index in [4.69, 9.17) is 24.1 Å². The van der Waals surface area contributed by atoms with Gasteiger partial charge < -0.3 is 24.1 Å². The first kappa shape index (κ1) is 15.3. The van der Waals surface area contributed by atoms with Crippen LogP contribution in [0.5, 0.6) is 11.5 Å². The maximum absolute atomic E-state index is 11.0. The minimum absolute atomic E-state index is 0.113. The number of hydrogen-bond donors (Lipinski definition) is 1. The Morgan fingerprint density at radius 1 is 0.947 bits per heavy atom. The molecule has 106 valence electrons. The lowest BCUT2D eigenvalue weighted by Gasteiger charge is -2.10. The van der Waals surface area contributed by atoms with E-state index in [9.17, 15) is 4.79 Å². The number of carboxylic acid groups (broad SMARTS) is 1. The van der Waals surface area contributed by atoms with E-state index in [1.807, 2.05) is 0 Å². The maximum atomic E-state index is 11.0. The highest BCUT2D eigenvalue weighted by atomic mass is 16.5. The molecule has 0 aromatic heterocycles. The van der Waals surface area contributed by atoms with Crippen molar-refractivity contribution in [2.75, 3.05) is 40.6 Å². The van der Waals surface area contributed by atoms with Crippen LogP contribution in [-0.2, 0) is 9.47 Å². The number of carbonyl (C=O) groups is 1. The van der Waals surface area contributed by atoms with E-state index < -0.39 is 5.97 Å². The maximum Gasteiger partial charge on any atom is 0.335 e. The van der Waals surface area contributed by atoms with E-state index in [0.29, 0.717) is 37.9 Å². The molecule has 0 aliphatic rings. The molecule has 0 unspecified atom stereocenters. The minimum atomic E-state index is -1.03. The summed E-state index contributed by atoms with van der Waals surface area (Å²) in [5, 5.41) is 9.02. The van der Waals surface area contributed by atoms with E-state index in [1.54, 1.807) is 20.3 Å². The van der Waals surface area contributed by atoms with Crippen LogP contribution < -0.4 is 9.47 Å². The lowest BCUT2D eigenvalue weighted by Crippen LogP contribution is -2.08. The van der Waals surface area contributed by atoms with E-state index in [0.717, 1.165) is 0 Å². The smallest absolute Gasteiger partial charge is 0.335 e. The van der Waals surface area contributed by atoms with Gasteiger partial charge in [0.1, 0.15) is 24.7 Å². The van der Waals surface area contributed by atoms with Gasteiger partial charge in [0.25, 0.3) is 0 Å². The molecule has 1 aromatic rings. The lowest BCUT2D eigenvalue weighted by atomic mass is 10.2. The molecule has 0 saturated heterocycles. The zero-order valence-corrected chi connectivity index (χ0v) is 11.0. The van der Waals surface area contributed by atoms with Gasteiger partial charge in [0.15, 0.2) is 0 Å². The largest absolute Gasteiger partial charge is 0.491 e. The number of carboxylic acids is 1. The topological polar surface area (TPSA) is 74.2 Å². The molecule has 1 rings (SSSR count). The summed E-state index contributed by atoms with van der Waals surface area (Å²) in [6.07, 6.45) is 0. The Kier molecular flexibility index (Phi) is 6.70. The van der Waals surface area contributed by atoms with Gasteiger partial charge in [0.2, 0.25) is 0 Å². The molecule has 0 fully saturated rings. The van der Waals surface area contributed by atoms with E-state index in [2.05, 4.69) is 0 Å². The van der Waals surface area contributed by atoms with Crippen molar-refractivity contribution in [1.82, 2.24) is 0 Å². The molecule has 0 atom stereocenters. The molecule has 0 radical (unpaired) electrons. The second-order valence-electron chi connectivity index (χ2n) is 3.68. The summed E-state index contributed by atoms with van der Waals surface area (Å²) >= 11 is 0. The summed E-state index contributed by atoms with van der Waals surface area (Å²) in [5.74, 6) is -0.164. The number of benzene rings is 1. The Bertz CT molecular complexity index is 376. The van der Waals surface area contributed by atoms with Crippen molar-refractivity contribution >= 4 is 5.97 Å². The number of methoxy groups -OCH3 is 2. The van der Waals surface area contributed by atoms with Gasteiger partial charge in [0.05, 0.1) is 18.8 Å². The quantitative estimate of drug-likeness (QED) is 0.684. The zero-order valence-electron chi connectivity index (χ0n) is 11.0. The molecule has 0 aliphatic carbocycles. The van der Waals surface area contributed by atoms with E-state index in [-0.39, 0.29) is 5.56 Å². The van der Waals surface area contributed by atoms with Crippen molar-refractivity contribution in [3.8, 4) is 11.5 Å². The molecule has 1 aromatic carbocycles. The number of ether oxygens (including phenoxy) is 4. The van der Waals surface area contributed by atoms with Crippen LogP contribution in [0.25, 0.3) is 0 Å². The molecular weight excluding hydrogens is 252 g/mol. The monoisotopic (exact) mass is 270 g/mol. The minimum Gasteiger partial charge on any atom is -0.491 e. The number of rotatable bonds is 9. The van der Waals surface area contributed by atoms with Gasteiger partial charge in [-0.2, -0.15) is 0 Å². The summed E-state index contributed by atoms with van der Waals surface area (Å²) in [6, 6.07) is 4.53. The Morgan fingerprint density at radius 2 is 1.42 bits per heavy atom. The highest BCUT2D eigenvalue weighted by Gasteiger charge is 2.09. The van der Waals surface area contributed by atoms with Gasteiger partial charge in [-0.1, -0.05) is 0 Å². The Labute approximate surface area is 111 Å². The van der Waals surface area contributed by atoms with Crippen LogP contribution in [0.4, 0.5) is 0 Å². The molecule has 0 heterocycles. The zero-order chi connectivity index (χ0) is 14.1. The Balaban J connectivity index is 2.75. The normalized spacial score (nSPS) is 10.2. The van der Waals surface area contributed by atoms with Crippen LogP contribution >= 0.6 is 0 Å². The van der Waals surface area contributed by atoms with Gasteiger partial charge in [0, 0.05) is 20.3 Å². The third-order valence-corrected chi connectivity index (χ3v) is 2.24. The van der Waals surface area contributed by atoms with Crippen LogP contribution in [0.1, 0.15) is 10.4 Å². The highest BCUT2D eigenvalue weighted by molar-refractivity contribution is 5.88. The van der Waals surface area contributed by atoms with Crippen molar-refractivity contribution in [3.05, 3.63) is 23.8 Å². The molecule has 19 heavy (non-hydrogen) atoms. The molecule has 1 N–H and O–H groups in total. The summed E-state index contributed by atoms with van der Waals surface area (Å²) in [6.45, 7) is 1.54. The number of hydrogen-bond acceptors (Lipinski definition) is 5. The van der Waals surface area contributed by atoms with Crippen LogP contribution in [-0.4, -0.2) is 51.7 Å². The van der Waals surface area contributed by atoms with Crippen LogP contribution in [0, 0.1) is 0 Å². The van der Waals surface area contributed by atoms with Crippen molar-refractivity contribution < 1.29 is 28.8 Å². The SMILES string of the molecule is COCCOc1cc(OCCOC)cc(C(=O)O)c1. The summed E-state index contributed by atoms with van der Waals surface area (Å²) in [4.78, 5) is 11.0. The molecule has 0 aliphatic heterocycles. The summed E-state index contributed by atoms with van der Waals surface area (Å²) in [7, 11) is 3.13. The van der Waals surface area contributed by atoms with Gasteiger partial charge in [-0.25, -0.2) is 4.79 Å². The fourth-order valence-corrected chi connectivity index (χ4v) is 1.35. The van der Waals surface area contributed by atoms with Gasteiger partial charge >= 0.3 is 5.97 Å². The number of aromatic carboxylic acids is 1. The first-order valence-electron chi connectivity index (χ1n) is 5.79. The highest BCUT2D eigenvalue weighted by Crippen LogP contribution is 2.23. The molecule has 0 saturated carbocycles. The predicted molar refractivity (Wildman–Crippen MR) is 68.1 cm³/mol. The third kappa shape index (κ3) is 5.58. The average molecular weight is 270 g/mol. The second kappa shape index (κ2) is 8.34. The van der Waals surface area contributed by atoms with Crippen molar-refractivity contribution in [2.24, 2.45) is 0 Å². The van der Waals surface area contributed by atoms with Crippen LogP contribution in [0.15, 0.2) is 18.2 Å². The van der Waals surface area contributed by atoms with E-state index in [1.165, 1.54) is 12.1 Å². The average Bonchev–Trinajstić information content (AvgIpc) is 2.39. The first-order chi connectivity index (χ1) is 9.17. The Morgan fingerprint density at radius 3 is 1.79 bits per heavy atom.